The van der Waals surface area contributed by atoms with E-state index in [-0.39, 0.29) is 0 Å². The van der Waals surface area contributed by atoms with Crippen LogP contribution in [-0.4, -0.2) is 29.9 Å². The minimum Gasteiger partial charge on any atom is -0.339 e. The van der Waals surface area contributed by atoms with Crippen LogP contribution in [0, 0.1) is 5.92 Å². The van der Waals surface area contributed by atoms with E-state index in [9.17, 15) is 4.79 Å². The van der Waals surface area contributed by atoms with E-state index in [0.29, 0.717) is 30.8 Å². The molecule has 1 amide bonds. The second kappa shape index (κ2) is 9.46. The molecule has 0 aromatic rings. The van der Waals surface area contributed by atoms with Gasteiger partial charge < -0.3 is 10.6 Å². The van der Waals surface area contributed by atoms with Crippen molar-refractivity contribution < 1.29 is 4.79 Å². The summed E-state index contributed by atoms with van der Waals surface area (Å²) in [7, 11) is 0. The van der Waals surface area contributed by atoms with Crippen molar-refractivity contribution in [1.82, 2.24) is 4.90 Å². The predicted octanol–water partition coefficient (Wildman–Crippen LogP) is 2.79. The highest BCUT2D eigenvalue weighted by Crippen LogP contribution is 2.14. The van der Waals surface area contributed by atoms with Crippen molar-refractivity contribution >= 4 is 5.91 Å². The molecular weight excluding hydrogens is 212 g/mol. The Balaban J connectivity index is 4.38. The first kappa shape index (κ1) is 16.4. The predicted molar refractivity (Wildman–Crippen MR) is 73.8 cm³/mol. The molecule has 0 rings (SSSR count). The Kier molecular flexibility index (Phi) is 9.14. The molecule has 0 saturated heterocycles. The highest BCUT2D eigenvalue weighted by atomic mass is 16.2. The number of hydrogen-bond acceptors (Lipinski definition) is 2. The van der Waals surface area contributed by atoms with E-state index < -0.39 is 0 Å². The number of carbonyl (C=O) groups excluding carboxylic acids is 1. The van der Waals surface area contributed by atoms with Crippen LogP contribution in [0.5, 0.6) is 0 Å². The summed E-state index contributed by atoms with van der Waals surface area (Å²) in [6.45, 7) is 10.2. The largest absolute Gasteiger partial charge is 0.339 e. The van der Waals surface area contributed by atoms with Crippen LogP contribution < -0.4 is 5.73 Å². The lowest BCUT2D eigenvalue weighted by Gasteiger charge is -2.32. The molecule has 2 N–H and O–H groups in total. The van der Waals surface area contributed by atoms with Gasteiger partial charge in [-0.1, -0.05) is 27.7 Å². The van der Waals surface area contributed by atoms with Gasteiger partial charge >= 0.3 is 0 Å². The van der Waals surface area contributed by atoms with Crippen LogP contribution in [0.4, 0.5) is 0 Å². The molecule has 0 spiro atoms. The van der Waals surface area contributed by atoms with Crippen LogP contribution >= 0.6 is 0 Å². The first-order valence-electron chi connectivity index (χ1n) is 7.06. The van der Waals surface area contributed by atoms with Gasteiger partial charge in [0, 0.05) is 19.0 Å². The van der Waals surface area contributed by atoms with Gasteiger partial charge in [0.15, 0.2) is 0 Å². The molecule has 0 aliphatic heterocycles. The van der Waals surface area contributed by atoms with E-state index in [1.54, 1.807) is 0 Å². The van der Waals surface area contributed by atoms with Gasteiger partial charge in [0.05, 0.1) is 0 Å². The second-order valence-corrected chi connectivity index (χ2v) is 5.16. The van der Waals surface area contributed by atoms with Gasteiger partial charge in [-0.3, -0.25) is 4.79 Å². The average Bonchev–Trinajstić information content (AvgIpc) is 2.29. The maximum atomic E-state index is 12.2. The second-order valence-electron chi connectivity index (χ2n) is 5.16. The number of amides is 1. The maximum absolute atomic E-state index is 12.2. The van der Waals surface area contributed by atoms with Crippen molar-refractivity contribution in [3.63, 3.8) is 0 Å². The third-order valence-corrected chi connectivity index (χ3v) is 3.11. The number of carbonyl (C=O) groups is 1. The van der Waals surface area contributed by atoms with E-state index in [2.05, 4.69) is 32.6 Å². The highest BCUT2D eigenvalue weighted by Gasteiger charge is 2.21. The summed E-state index contributed by atoms with van der Waals surface area (Å²) >= 11 is 0. The third kappa shape index (κ3) is 6.67. The van der Waals surface area contributed by atoms with Gasteiger partial charge in [-0.15, -0.1) is 0 Å². The number of rotatable bonds is 9. The average molecular weight is 242 g/mol. The van der Waals surface area contributed by atoms with Crippen LogP contribution in [0.1, 0.15) is 59.8 Å². The topological polar surface area (TPSA) is 46.3 Å². The molecule has 102 valence electrons. The van der Waals surface area contributed by atoms with E-state index in [1.807, 2.05) is 0 Å². The van der Waals surface area contributed by atoms with Gasteiger partial charge in [0.1, 0.15) is 0 Å². The molecule has 17 heavy (non-hydrogen) atoms. The standard InChI is InChI=1S/C14H30N2O/c1-5-13(6-2)16(11-12(3)4)14(17)9-7-8-10-15/h12-13H,5-11,15H2,1-4H3. The first-order chi connectivity index (χ1) is 8.06. The summed E-state index contributed by atoms with van der Waals surface area (Å²) in [4.78, 5) is 14.3. The summed E-state index contributed by atoms with van der Waals surface area (Å²) in [5.74, 6) is 0.843. The van der Waals surface area contributed by atoms with Gasteiger partial charge in [0.2, 0.25) is 5.91 Å². The van der Waals surface area contributed by atoms with Crippen LogP contribution in [-0.2, 0) is 4.79 Å². The monoisotopic (exact) mass is 242 g/mol. The normalized spacial score (nSPS) is 11.2. The minimum atomic E-state index is 0.306. The van der Waals surface area contributed by atoms with Gasteiger partial charge in [0.25, 0.3) is 0 Å². The lowest BCUT2D eigenvalue weighted by atomic mass is 10.1. The Hall–Kier alpha value is -0.570. The Bertz CT molecular complexity index is 200. The smallest absolute Gasteiger partial charge is 0.222 e. The Morgan fingerprint density at radius 3 is 2.18 bits per heavy atom. The number of nitrogens with two attached hydrogens (primary N) is 1. The summed E-state index contributed by atoms with van der Waals surface area (Å²) < 4.78 is 0. The van der Waals surface area contributed by atoms with E-state index in [0.717, 1.165) is 32.2 Å². The molecule has 0 aliphatic carbocycles. The number of hydrogen-bond donors (Lipinski definition) is 1. The molecule has 0 heterocycles. The van der Waals surface area contributed by atoms with E-state index >= 15 is 0 Å². The summed E-state index contributed by atoms with van der Waals surface area (Å²) in [6.07, 6.45) is 4.62. The van der Waals surface area contributed by atoms with Crippen LogP contribution in [0.3, 0.4) is 0 Å². The zero-order valence-electron chi connectivity index (χ0n) is 12.0. The molecule has 0 bridgehead atoms. The Labute approximate surface area is 107 Å². The maximum Gasteiger partial charge on any atom is 0.222 e. The van der Waals surface area contributed by atoms with Crippen molar-refractivity contribution in [2.45, 2.75) is 65.8 Å². The zero-order chi connectivity index (χ0) is 13.3. The van der Waals surface area contributed by atoms with E-state index in [1.165, 1.54) is 0 Å². The van der Waals surface area contributed by atoms with Gasteiger partial charge in [-0.25, -0.2) is 0 Å². The van der Waals surface area contributed by atoms with Crippen molar-refractivity contribution in [1.29, 1.82) is 0 Å². The fourth-order valence-corrected chi connectivity index (χ4v) is 2.14. The van der Waals surface area contributed by atoms with Crippen molar-refractivity contribution in [3.05, 3.63) is 0 Å². The lowest BCUT2D eigenvalue weighted by Crippen LogP contribution is -2.42. The van der Waals surface area contributed by atoms with Crippen molar-refractivity contribution in [2.24, 2.45) is 11.7 Å². The highest BCUT2D eigenvalue weighted by molar-refractivity contribution is 5.76. The van der Waals surface area contributed by atoms with Crippen molar-refractivity contribution in [2.75, 3.05) is 13.1 Å². The fraction of sp³-hybridized carbons (Fsp3) is 0.929. The summed E-state index contributed by atoms with van der Waals surface area (Å²) in [5.41, 5.74) is 5.46. The molecule has 0 unspecified atom stereocenters. The SMILES string of the molecule is CCC(CC)N(CC(C)C)C(=O)CCCCN. The molecule has 0 aromatic heterocycles. The molecular formula is C14H30N2O. The first-order valence-corrected chi connectivity index (χ1v) is 7.06. The molecule has 3 nitrogen and oxygen atoms in total. The molecule has 0 aromatic carbocycles. The van der Waals surface area contributed by atoms with Gasteiger partial charge in [-0.05, 0) is 38.1 Å². The third-order valence-electron chi connectivity index (χ3n) is 3.11. The van der Waals surface area contributed by atoms with Crippen molar-refractivity contribution in [3.8, 4) is 0 Å². The lowest BCUT2D eigenvalue weighted by molar-refractivity contribution is -0.134. The number of unbranched alkanes of at least 4 members (excludes halogenated alkanes) is 1. The summed E-state index contributed by atoms with van der Waals surface area (Å²) in [6, 6.07) is 0.405. The molecule has 0 atom stereocenters. The van der Waals surface area contributed by atoms with Crippen LogP contribution in [0.2, 0.25) is 0 Å². The number of nitrogens with zero attached hydrogens (tertiary/aromatic N) is 1. The fourth-order valence-electron chi connectivity index (χ4n) is 2.14. The zero-order valence-corrected chi connectivity index (χ0v) is 12.0. The Morgan fingerprint density at radius 1 is 1.18 bits per heavy atom. The summed E-state index contributed by atoms with van der Waals surface area (Å²) in [5, 5.41) is 0. The Morgan fingerprint density at radius 2 is 1.76 bits per heavy atom. The molecule has 0 radical (unpaired) electrons. The van der Waals surface area contributed by atoms with Crippen LogP contribution in [0.25, 0.3) is 0 Å². The molecule has 0 aliphatic rings. The minimum absolute atomic E-state index is 0.306. The van der Waals surface area contributed by atoms with E-state index in [4.69, 9.17) is 5.73 Å². The molecule has 0 saturated carbocycles. The van der Waals surface area contributed by atoms with Crippen LogP contribution in [0.15, 0.2) is 0 Å². The molecule has 3 heteroatoms. The quantitative estimate of drug-likeness (QED) is 0.632. The van der Waals surface area contributed by atoms with Gasteiger partial charge in [-0.2, -0.15) is 0 Å². The molecule has 0 fully saturated rings.